The van der Waals surface area contributed by atoms with E-state index in [2.05, 4.69) is 36.3 Å². The average Bonchev–Trinajstić information content (AvgIpc) is 3.13. The third-order valence-electron chi connectivity index (χ3n) is 4.14. The number of carbonyl (C=O) groups excluding carboxylic acids is 1. The van der Waals surface area contributed by atoms with Crippen LogP contribution in [-0.2, 0) is 15.6 Å². The van der Waals surface area contributed by atoms with Crippen molar-refractivity contribution < 1.29 is 4.79 Å². The summed E-state index contributed by atoms with van der Waals surface area (Å²) in [7, 11) is 0. The summed E-state index contributed by atoms with van der Waals surface area (Å²) in [5, 5.41) is 10.2. The van der Waals surface area contributed by atoms with E-state index in [0.717, 1.165) is 24.1 Å². The summed E-state index contributed by atoms with van der Waals surface area (Å²) in [6.07, 6.45) is 1.80. The molecule has 1 amide bonds. The number of anilines is 1. The topological polar surface area (TPSA) is 57.8 Å². The third kappa shape index (κ3) is 2.58. The Hall–Kier alpha value is -2.10. The monoisotopic (exact) mass is 283 g/mol. The van der Waals surface area contributed by atoms with Gasteiger partial charge in [-0.05, 0) is 18.4 Å². The highest BCUT2D eigenvalue weighted by Gasteiger charge is 2.51. The van der Waals surface area contributed by atoms with Crippen molar-refractivity contribution in [1.82, 2.24) is 10.2 Å². The molecule has 0 unspecified atom stereocenters. The molecule has 1 aromatic heterocycles. The van der Waals surface area contributed by atoms with E-state index in [0.29, 0.717) is 5.82 Å². The summed E-state index contributed by atoms with van der Waals surface area (Å²) in [6.45, 7) is 6.33. The predicted octanol–water partition coefficient (Wildman–Crippen LogP) is 3.38. The van der Waals surface area contributed by atoms with Crippen molar-refractivity contribution in [2.75, 3.05) is 5.32 Å². The van der Waals surface area contributed by atoms with Gasteiger partial charge in [0, 0.05) is 17.2 Å². The van der Waals surface area contributed by atoms with Gasteiger partial charge >= 0.3 is 0 Å². The lowest BCUT2D eigenvalue weighted by molar-refractivity contribution is -0.118. The first-order valence-corrected chi connectivity index (χ1v) is 7.35. The van der Waals surface area contributed by atoms with Crippen molar-refractivity contribution in [2.24, 2.45) is 0 Å². The molecule has 0 bridgehead atoms. The zero-order valence-corrected chi connectivity index (χ0v) is 12.7. The number of nitrogens with one attached hydrogen (secondary N) is 2. The first kappa shape index (κ1) is 13.9. The highest BCUT2D eigenvalue weighted by molar-refractivity contribution is 6.00. The second-order valence-electron chi connectivity index (χ2n) is 6.82. The van der Waals surface area contributed by atoms with Gasteiger partial charge in [-0.1, -0.05) is 51.1 Å². The van der Waals surface area contributed by atoms with Gasteiger partial charge in [-0.25, -0.2) is 0 Å². The Balaban J connectivity index is 1.77. The molecule has 3 rings (SSSR count). The van der Waals surface area contributed by atoms with E-state index in [1.165, 1.54) is 0 Å². The van der Waals surface area contributed by atoms with Gasteiger partial charge in [-0.2, -0.15) is 5.10 Å². The zero-order valence-electron chi connectivity index (χ0n) is 12.7. The fraction of sp³-hybridized carbons (Fsp3) is 0.412. The molecule has 2 N–H and O–H groups in total. The molecule has 0 atom stereocenters. The summed E-state index contributed by atoms with van der Waals surface area (Å²) >= 11 is 0. The summed E-state index contributed by atoms with van der Waals surface area (Å²) in [5.74, 6) is 0.646. The predicted molar refractivity (Wildman–Crippen MR) is 83.3 cm³/mol. The molecule has 110 valence electrons. The number of H-pyrrole nitrogens is 1. The fourth-order valence-corrected chi connectivity index (χ4v) is 2.53. The molecule has 1 aliphatic carbocycles. The van der Waals surface area contributed by atoms with Crippen LogP contribution in [0.3, 0.4) is 0 Å². The van der Waals surface area contributed by atoms with Gasteiger partial charge in [0.25, 0.3) is 0 Å². The fourth-order valence-electron chi connectivity index (χ4n) is 2.53. The molecule has 0 spiro atoms. The smallest absolute Gasteiger partial charge is 0.236 e. The van der Waals surface area contributed by atoms with Gasteiger partial charge in [0.2, 0.25) is 5.91 Å². The lowest BCUT2D eigenvalue weighted by Gasteiger charge is -2.15. The highest BCUT2D eigenvalue weighted by atomic mass is 16.2. The van der Waals surface area contributed by atoms with E-state index in [1.54, 1.807) is 0 Å². The quantitative estimate of drug-likeness (QED) is 0.907. The summed E-state index contributed by atoms with van der Waals surface area (Å²) in [4.78, 5) is 12.6. The van der Waals surface area contributed by atoms with Gasteiger partial charge in [-0.3, -0.25) is 9.89 Å². The maximum Gasteiger partial charge on any atom is 0.236 e. The summed E-state index contributed by atoms with van der Waals surface area (Å²) in [5.41, 5.74) is 1.74. The van der Waals surface area contributed by atoms with E-state index in [1.807, 2.05) is 36.4 Å². The Morgan fingerprint density at radius 2 is 1.90 bits per heavy atom. The van der Waals surface area contributed by atoms with Crippen LogP contribution in [0, 0.1) is 0 Å². The normalized spacial score (nSPS) is 16.5. The number of amides is 1. The Kier molecular flexibility index (Phi) is 3.12. The van der Waals surface area contributed by atoms with E-state index in [4.69, 9.17) is 0 Å². The minimum Gasteiger partial charge on any atom is -0.308 e. The molecular weight excluding hydrogens is 262 g/mol. The first-order valence-electron chi connectivity index (χ1n) is 7.35. The lowest BCUT2D eigenvalue weighted by atomic mass is 9.92. The molecule has 1 saturated carbocycles. The van der Waals surface area contributed by atoms with Gasteiger partial charge in [0.05, 0.1) is 5.41 Å². The number of hydrogen-bond acceptors (Lipinski definition) is 2. The molecule has 0 aliphatic heterocycles. The number of benzene rings is 1. The molecule has 4 nitrogen and oxygen atoms in total. The molecule has 1 heterocycles. The standard InChI is InChI=1S/C17H21N3O/c1-16(2,3)13-11-14(20-19-13)18-15(21)17(9-10-17)12-7-5-4-6-8-12/h4-8,11H,9-10H2,1-3H3,(H2,18,19,20,21). The number of carbonyl (C=O) groups is 1. The molecule has 2 aromatic rings. The van der Waals surface area contributed by atoms with E-state index in [9.17, 15) is 4.79 Å². The van der Waals surface area contributed by atoms with Crippen molar-refractivity contribution in [1.29, 1.82) is 0 Å². The molecule has 21 heavy (non-hydrogen) atoms. The van der Waals surface area contributed by atoms with Gasteiger partial charge in [0.15, 0.2) is 5.82 Å². The van der Waals surface area contributed by atoms with Crippen molar-refractivity contribution in [3.05, 3.63) is 47.7 Å². The summed E-state index contributed by atoms with van der Waals surface area (Å²) in [6, 6.07) is 11.9. The molecular formula is C17H21N3O. The number of rotatable bonds is 3. The molecule has 0 radical (unpaired) electrons. The SMILES string of the molecule is CC(C)(C)c1cc(NC(=O)C2(c3ccccc3)CC2)n[nH]1. The number of aromatic amines is 1. The van der Waals surface area contributed by atoms with Crippen LogP contribution >= 0.6 is 0 Å². The minimum absolute atomic E-state index is 0.00727. The van der Waals surface area contributed by atoms with Crippen LogP contribution < -0.4 is 5.32 Å². The van der Waals surface area contributed by atoms with Crippen LogP contribution in [0.15, 0.2) is 36.4 Å². The van der Waals surface area contributed by atoms with Crippen LogP contribution in [0.25, 0.3) is 0 Å². The second kappa shape index (κ2) is 4.72. The number of aromatic nitrogens is 2. The number of hydrogen-bond donors (Lipinski definition) is 2. The maximum atomic E-state index is 12.6. The van der Waals surface area contributed by atoms with Crippen LogP contribution in [0.4, 0.5) is 5.82 Å². The Morgan fingerprint density at radius 3 is 2.43 bits per heavy atom. The number of nitrogens with zero attached hydrogens (tertiary/aromatic N) is 1. The van der Waals surface area contributed by atoms with Crippen LogP contribution in [0.2, 0.25) is 0 Å². The third-order valence-corrected chi connectivity index (χ3v) is 4.14. The molecule has 0 saturated heterocycles. The van der Waals surface area contributed by atoms with Crippen molar-refractivity contribution >= 4 is 11.7 Å². The zero-order chi connectivity index (χ0) is 15.1. The van der Waals surface area contributed by atoms with Crippen LogP contribution in [0.1, 0.15) is 44.9 Å². The van der Waals surface area contributed by atoms with Crippen LogP contribution in [0.5, 0.6) is 0 Å². The first-order chi connectivity index (χ1) is 9.92. The van der Waals surface area contributed by atoms with Crippen molar-refractivity contribution in [2.45, 2.75) is 44.4 Å². The van der Waals surface area contributed by atoms with Crippen molar-refractivity contribution in [3.8, 4) is 0 Å². The minimum atomic E-state index is -0.359. The lowest BCUT2D eigenvalue weighted by Crippen LogP contribution is -2.27. The van der Waals surface area contributed by atoms with Gasteiger partial charge < -0.3 is 5.32 Å². The van der Waals surface area contributed by atoms with E-state index in [-0.39, 0.29) is 16.7 Å². The van der Waals surface area contributed by atoms with E-state index >= 15 is 0 Å². The van der Waals surface area contributed by atoms with Gasteiger partial charge in [-0.15, -0.1) is 0 Å². The molecule has 1 aliphatic rings. The van der Waals surface area contributed by atoms with Crippen LogP contribution in [-0.4, -0.2) is 16.1 Å². The largest absolute Gasteiger partial charge is 0.308 e. The molecule has 1 aromatic carbocycles. The maximum absolute atomic E-state index is 12.6. The summed E-state index contributed by atoms with van der Waals surface area (Å²) < 4.78 is 0. The van der Waals surface area contributed by atoms with Crippen molar-refractivity contribution in [3.63, 3.8) is 0 Å². The van der Waals surface area contributed by atoms with E-state index < -0.39 is 0 Å². The Bertz CT molecular complexity index is 648. The molecule has 4 heteroatoms. The Morgan fingerprint density at radius 1 is 1.24 bits per heavy atom. The highest BCUT2D eigenvalue weighted by Crippen LogP contribution is 2.48. The second-order valence-corrected chi connectivity index (χ2v) is 6.82. The molecule has 1 fully saturated rings. The average molecular weight is 283 g/mol. The Labute approximate surface area is 125 Å². The van der Waals surface area contributed by atoms with Gasteiger partial charge in [0.1, 0.15) is 0 Å².